The topological polar surface area (TPSA) is 41.3 Å². The maximum absolute atomic E-state index is 6.83. The van der Waals surface area contributed by atoms with E-state index in [0.717, 1.165) is 107 Å². The Bertz CT molecular complexity index is 4230. The molecule has 1 aromatic heterocycles. The van der Waals surface area contributed by atoms with Gasteiger partial charge in [0.05, 0.1) is 5.69 Å². The highest BCUT2D eigenvalue weighted by molar-refractivity contribution is 7.00. The van der Waals surface area contributed by atoms with Gasteiger partial charge in [-0.15, -0.1) is 0 Å². The monoisotopic (exact) mass is 1020 g/mol. The van der Waals surface area contributed by atoms with Crippen molar-refractivity contribution < 1.29 is 13.9 Å². The minimum absolute atomic E-state index is 0.0225. The van der Waals surface area contributed by atoms with Gasteiger partial charge in [-0.2, -0.15) is 0 Å². The second-order valence-electron chi connectivity index (χ2n) is 23.4. The highest BCUT2D eigenvalue weighted by atomic mass is 16.7. The van der Waals surface area contributed by atoms with Gasteiger partial charge in [-0.05, 0) is 183 Å². The number of fused-ring (bicyclic) bond motifs is 10. The fourth-order valence-electron chi connectivity index (χ4n) is 13.3. The van der Waals surface area contributed by atoms with Crippen molar-refractivity contribution in [1.29, 1.82) is 0 Å². The van der Waals surface area contributed by atoms with Crippen LogP contribution < -0.4 is 40.6 Å². The fourth-order valence-corrected chi connectivity index (χ4v) is 13.3. The van der Waals surface area contributed by atoms with Crippen molar-refractivity contribution >= 4 is 85.3 Å². The van der Waals surface area contributed by atoms with Crippen molar-refractivity contribution in [3.63, 3.8) is 0 Å². The third-order valence-electron chi connectivity index (χ3n) is 17.1. The number of furan rings is 1. The lowest BCUT2D eigenvalue weighted by Gasteiger charge is -2.45. The van der Waals surface area contributed by atoms with Gasteiger partial charge in [-0.3, -0.25) is 0 Å². The lowest BCUT2D eigenvalue weighted by atomic mass is 9.33. The van der Waals surface area contributed by atoms with Crippen LogP contribution in [0.3, 0.4) is 0 Å². The van der Waals surface area contributed by atoms with Crippen LogP contribution in [0.4, 0.5) is 51.2 Å². The number of anilines is 9. The summed E-state index contributed by atoms with van der Waals surface area (Å²) in [6.07, 6.45) is 0. The molecule has 0 atom stereocenters. The van der Waals surface area contributed by atoms with Crippen LogP contribution in [0, 0.1) is 13.8 Å². The SMILES string of the molecule is Cc1cc2c3c(c1)N(c1ccc(C(C)(C)C)cc1C)c1c(ccc4c1OCO4)B3c1ccc(N(c3ccccc3)c3ccccc3)cc1N2c1cc(-c2ccc3c(c2)C(C)(C)c2ccccc2-3)cc(-c2cc3ccccc3o2)c1. The molecule has 0 amide bonds. The van der Waals surface area contributed by atoms with Crippen molar-refractivity contribution in [2.75, 3.05) is 21.5 Å². The standard InChI is InChI=1S/C72H58BN3O3/c1-44-34-63-68-64(35-44)76(61-32-27-50(36-45(61)2)71(3,4)5)69-60(31-33-66-70(69)78-43-77-66)73(68)59-30-28-53(74(51-19-10-8-11-20-51)52-21-12-9-13-22-52)42-62(59)75(63)54-38-48(37-49(39-54)67-41-47-18-14-17-25-65(47)79-67)46-26-29-56-55-23-15-16-24-57(55)72(6,7)58(56)40-46/h8-42H,43H2,1-7H3. The summed E-state index contributed by atoms with van der Waals surface area (Å²) < 4.78 is 19.6. The second-order valence-corrected chi connectivity index (χ2v) is 23.4. The van der Waals surface area contributed by atoms with Crippen LogP contribution in [-0.4, -0.2) is 13.5 Å². The first-order valence-corrected chi connectivity index (χ1v) is 27.6. The lowest BCUT2D eigenvalue weighted by molar-refractivity contribution is 0.174. The Balaban J connectivity index is 1.02. The molecule has 0 spiro atoms. The van der Waals surface area contributed by atoms with Crippen LogP contribution in [-0.2, 0) is 10.8 Å². The van der Waals surface area contributed by atoms with Gasteiger partial charge >= 0.3 is 0 Å². The van der Waals surface area contributed by atoms with E-state index < -0.39 is 0 Å². The number of hydrogen-bond acceptors (Lipinski definition) is 6. The van der Waals surface area contributed by atoms with E-state index in [-0.39, 0.29) is 24.3 Å². The molecule has 0 radical (unpaired) electrons. The predicted molar refractivity (Wildman–Crippen MR) is 328 cm³/mol. The molecule has 0 unspecified atom stereocenters. The van der Waals surface area contributed by atoms with Crippen LogP contribution >= 0.6 is 0 Å². The van der Waals surface area contributed by atoms with E-state index in [1.54, 1.807) is 0 Å². The summed E-state index contributed by atoms with van der Waals surface area (Å²) in [5.74, 6) is 2.35. The van der Waals surface area contributed by atoms with Gasteiger partial charge < -0.3 is 28.6 Å². The van der Waals surface area contributed by atoms with Gasteiger partial charge in [-0.1, -0.05) is 150 Å². The number of rotatable bonds is 7. The van der Waals surface area contributed by atoms with Gasteiger partial charge in [0.15, 0.2) is 11.5 Å². The summed E-state index contributed by atoms with van der Waals surface area (Å²) >= 11 is 0. The molecule has 6 nitrogen and oxygen atoms in total. The van der Waals surface area contributed by atoms with Crippen LogP contribution in [0.2, 0.25) is 0 Å². The summed E-state index contributed by atoms with van der Waals surface area (Å²) in [5.41, 5.74) is 26.1. The Kier molecular flexibility index (Phi) is 10.4. The number of hydrogen-bond donors (Lipinski definition) is 0. The molecule has 1 aliphatic carbocycles. The molecule has 79 heavy (non-hydrogen) atoms. The number of nitrogens with zero attached hydrogens (tertiary/aromatic N) is 3. The van der Waals surface area contributed by atoms with Gasteiger partial charge in [0.1, 0.15) is 11.3 Å². The molecule has 4 heterocycles. The van der Waals surface area contributed by atoms with E-state index in [1.807, 2.05) is 6.07 Å². The largest absolute Gasteiger partial charge is 0.456 e. The summed E-state index contributed by atoms with van der Waals surface area (Å²) in [6.45, 7) is 16.1. The number of benzene rings is 10. The first-order valence-electron chi connectivity index (χ1n) is 27.6. The lowest BCUT2D eigenvalue weighted by Crippen LogP contribution is -2.61. The Labute approximate surface area is 462 Å². The molecule has 382 valence electrons. The van der Waals surface area contributed by atoms with E-state index in [9.17, 15) is 0 Å². The molecular formula is C72H58BN3O3. The number of para-hydroxylation sites is 3. The zero-order valence-corrected chi connectivity index (χ0v) is 45.6. The van der Waals surface area contributed by atoms with Crippen LogP contribution in [0.25, 0.3) is 44.5 Å². The molecule has 0 saturated carbocycles. The Hall–Kier alpha value is -9.20. The highest BCUT2D eigenvalue weighted by Gasteiger charge is 2.46. The third kappa shape index (κ3) is 7.32. The van der Waals surface area contributed by atoms with Crippen molar-refractivity contribution in [3.8, 4) is 45.1 Å². The first kappa shape index (κ1) is 47.1. The smallest absolute Gasteiger partial charge is 0.252 e. The zero-order chi connectivity index (χ0) is 53.5. The van der Waals surface area contributed by atoms with Crippen molar-refractivity contribution in [2.24, 2.45) is 0 Å². The van der Waals surface area contributed by atoms with Gasteiger partial charge in [0, 0.05) is 61.9 Å². The van der Waals surface area contributed by atoms with E-state index >= 15 is 0 Å². The fraction of sp³-hybridized carbons (Fsp3) is 0.139. The molecule has 4 aliphatic rings. The van der Waals surface area contributed by atoms with Gasteiger partial charge in [0.2, 0.25) is 6.79 Å². The average Bonchev–Trinajstić information content (AvgIpc) is 4.32. The predicted octanol–water partition coefficient (Wildman–Crippen LogP) is 17.3. The molecular weight excluding hydrogens is 966 g/mol. The zero-order valence-electron chi connectivity index (χ0n) is 45.6. The van der Waals surface area contributed by atoms with Crippen molar-refractivity contribution in [1.82, 2.24) is 0 Å². The Morgan fingerprint density at radius 1 is 0.519 bits per heavy atom. The molecule has 0 fully saturated rings. The van der Waals surface area contributed by atoms with E-state index in [1.165, 1.54) is 44.3 Å². The minimum atomic E-state index is -0.173. The van der Waals surface area contributed by atoms with Gasteiger partial charge in [0.25, 0.3) is 6.71 Å². The number of aryl methyl sites for hydroxylation is 2. The summed E-state index contributed by atoms with van der Waals surface area (Å²) in [7, 11) is 0. The Morgan fingerprint density at radius 2 is 1.22 bits per heavy atom. The molecule has 0 bridgehead atoms. The van der Waals surface area contributed by atoms with Crippen molar-refractivity contribution in [3.05, 3.63) is 240 Å². The van der Waals surface area contributed by atoms with Gasteiger partial charge in [-0.25, -0.2) is 0 Å². The minimum Gasteiger partial charge on any atom is -0.456 e. The van der Waals surface area contributed by atoms with Crippen LogP contribution in [0.1, 0.15) is 62.4 Å². The van der Waals surface area contributed by atoms with E-state index in [4.69, 9.17) is 13.9 Å². The molecule has 0 N–H and O–H groups in total. The first-order chi connectivity index (χ1) is 38.4. The maximum atomic E-state index is 6.83. The van der Waals surface area contributed by atoms with Crippen LogP contribution in [0.5, 0.6) is 11.5 Å². The summed E-state index contributed by atoms with van der Waals surface area (Å²) in [5, 5.41) is 1.07. The third-order valence-corrected chi connectivity index (χ3v) is 17.1. The molecule has 3 aliphatic heterocycles. The molecule has 0 saturated heterocycles. The molecule has 11 aromatic rings. The molecule has 7 heteroatoms. The van der Waals surface area contributed by atoms with E-state index in [0.29, 0.717) is 0 Å². The summed E-state index contributed by atoms with van der Waals surface area (Å²) in [4.78, 5) is 7.39. The Morgan fingerprint density at radius 3 is 1.97 bits per heavy atom. The number of ether oxygens (including phenoxy) is 2. The highest BCUT2D eigenvalue weighted by Crippen LogP contribution is 2.54. The summed E-state index contributed by atoms with van der Waals surface area (Å²) in [6, 6.07) is 78.2. The quantitative estimate of drug-likeness (QED) is 0.148. The maximum Gasteiger partial charge on any atom is 0.252 e. The average molecular weight is 1020 g/mol. The molecule has 15 rings (SSSR count). The van der Waals surface area contributed by atoms with Crippen LogP contribution in [0.15, 0.2) is 217 Å². The van der Waals surface area contributed by atoms with Crippen molar-refractivity contribution in [2.45, 2.75) is 59.3 Å². The van der Waals surface area contributed by atoms with E-state index in [2.05, 4.69) is 269 Å². The molecule has 10 aromatic carbocycles. The normalized spacial score (nSPS) is 14.2. The second kappa shape index (κ2) is 17.4.